The second-order valence-corrected chi connectivity index (χ2v) is 5.50. The van der Waals surface area contributed by atoms with Crippen molar-refractivity contribution in [2.45, 2.75) is 18.6 Å². The zero-order chi connectivity index (χ0) is 16.9. The Bertz CT molecular complexity index is 757. The van der Waals surface area contributed by atoms with Gasteiger partial charge in [-0.25, -0.2) is 4.39 Å². The van der Waals surface area contributed by atoms with E-state index in [4.69, 9.17) is 9.47 Å². The highest BCUT2D eigenvalue weighted by Gasteiger charge is 2.29. The van der Waals surface area contributed by atoms with Gasteiger partial charge >= 0.3 is 0 Å². The highest BCUT2D eigenvalue weighted by molar-refractivity contribution is 5.94. The Morgan fingerprint density at radius 2 is 2.21 bits per heavy atom. The number of benzene rings is 1. The quantitative estimate of drug-likeness (QED) is 0.889. The molecule has 1 saturated heterocycles. The number of halogens is 1. The van der Waals surface area contributed by atoms with E-state index in [-0.39, 0.29) is 17.5 Å². The van der Waals surface area contributed by atoms with Crippen LogP contribution in [0.3, 0.4) is 0 Å². The summed E-state index contributed by atoms with van der Waals surface area (Å²) in [6.45, 7) is 0.798. The number of pyridine rings is 1. The summed E-state index contributed by atoms with van der Waals surface area (Å²) < 4.78 is 24.4. The molecular formula is C17H17FN2O4. The maximum absolute atomic E-state index is 13.3. The zero-order valence-corrected chi connectivity index (χ0v) is 12.8. The van der Waals surface area contributed by atoms with Gasteiger partial charge in [-0.3, -0.25) is 9.59 Å². The van der Waals surface area contributed by atoms with Crippen molar-refractivity contribution in [1.29, 1.82) is 0 Å². The lowest BCUT2D eigenvalue weighted by molar-refractivity contribution is -0.0136. The summed E-state index contributed by atoms with van der Waals surface area (Å²) in [4.78, 5) is 25.8. The van der Waals surface area contributed by atoms with Crippen LogP contribution in [0.4, 0.5) is 4.39 Å². The first-order valence-corrected chi connectivity index (χ1v) is 7.61. The maximum atomic E-state index is 13.3. The lowest BCUT2D eigenvalue weighted by Gasteiger charge is -2.32. The molecule has 1 aliphatic heterocycles. The fourth-order valence-electron chi connectivity index (χ4n) is 2.51. The van der Waals surface area contributed by atoms with E-state index in [1.54, 1.807) is 12.1 Å². The minimum Gasteiger partial charge on any atom is -0.486 e. The van der Waals surface area contributed by atoms with Crippen molar-refractivity contribution in [3.63, 3.8) is 0 Å². The van der Waals surface area contributed by atoms with Gasteiger partial charge in [0.2, 0.25) is 5.56 Å². The Morgan fingerprint density at radius 3 is 2.96 bits per heavy atom. The van der Waals surface area contributed by atoms with Gasteiger partial charge < -0.3 is 19.8 Å². The molecule has 3 rings (SSSR count). The molecule has 1 fully saturated rings. The Balaban J connectivity index is 1.69. The SMILES string of the molecule is O=C(NC1CCOCC1Oc1cccc(F)c1)c1ccc(=O)[nH]c1. The van der Waals surface area contributed by atoms with E-state index in [0.29, 0.717) is 30.9 Å². The Morgan fingerprint density at radius 1 is 1.33 bits per heavy atom. The highest BCUT2D eigenvalue weighted by Crippen LogP contribution is 2.19. The van der Waals surface area contributed by atoms with Crippen LogP contribution in [0.2, 0.25) is 0 Å². The van der Waals surface area contributed by atoms with E-state index < -0.39 is 11.9 Å². The van der Waals surface area contributed by atoms with Crippen LogP contribution in [0.5, 0.6) is 5.75 Å². The van der Waals surface area contributed by atoms with Crippen LogP contribution in [0.25, 0.3) is 0 Å². The molecule has 126 valence electrons. The van der Waals surface area contributed by atoms with Gasteiger partial charge in [0, 0.05) is 24.9 Å². The molecule has 2 heterocycles. The predicted molar refractivity (Wildman–Crippen MR) is 84.6 cm³/mol. The standard InChI is InChI=1S/C17H17FN2O4/c18-12-2-1-3-13(8-12)24-15-10-23-7-6-14(15)20-17(22)11-4-5-16(21)19-9-11/h1-5,8-9,14-15H,6-7,10H2,(H,19,21)(H,20,22). The predicted octanol–water partition coefficient (Wildman–Crippen LogP) is 1.48. The highest BCUT2D eigenvalue weighted by atomic mass is 19.1. The largest absolute Gasteiger partial charge is 0.486 e. The number of ether oxygens (including phenoxy) is 2. The molecular weight excluding hydrogens is 315 g/mol. The fraction of sp³-hybridized carbons (Fsp3) is 0.294. The monoisotopic (exact) mass is 332 g/mol. The zero-order valence-electron chi connectivity index (χ0n) is 12.8. The number of carbonyl (C=O) groups is 1. The summed E-state index contributed by atoms with van der Waals surface area (Å²) in [5.74, 6) is -0.321. The number of hydrogen-bond acceptors (Lipinski definition) is 4. The van der Waals surface area contributed by atoms with Crippen molar-refractivity contribution in [2.24, 2.45) is 0 Å². The molecule has 7 heteroatoms. The van der Waals surface area contributed by atoms with Gasteiger partial charge in [-0.15, -0.1) is 0 Å². The minimum absolute atomic E-state index is 0.273. The van der Waals surface area contributed by atoms with E-state index in [2.05, 4.69) is 10.3 Å². The molecule has 2 atom stereocenters. The number of rotatable bonds is 4. The molecule has 24 heavy (non-hydrogen) atoms. The number of hydrogen-bond donors (Lipinski definition) is 2. The smallest absolute Gasteiger partial charge is 0.253 e. The molecule has 2 N–H and O–H groups in total. The van der Waals surface area contributed by atoms with Gasteiger partial charge in [0.1, 0.15) is 17.7 Å². The molecule has 1 aliphatic rings. The lowest BCUT2D eigenvalue weighted by Crippen LogP contribution is -2.51. The van der Waals surface area contributed by atoms with Crippen LogP contribution in [0.15, 0.2) is 47.4 Å². The Hall–Kier alpha value is -2.67. The van der Waals surface area contributed by atoms with Crippen LogP contribution >= 0.6 is 0 Å². The van der Waals surface area contributed by atoms with Crippen molar-refractivity contribution in [2.75, 3.05) is 13.2 Å². The van der Waals surface area contributed by atoms with Crippen molar-refractivity contribution in [1.82, 2.24) is 10.3 Å². The fourth-order valence-corrected chi connectivity index (χ4v) is 2.51. The molecule has 0 saturated carbocycles. The van der Waals surface area contributed by atoms with Gasteiger partial charge in [0.05, 0.1) is 18.2 Å². The van der Waals surface area contributed by atoms with E-state index in [1.807, 2.05) is 0 Å². The van der Waals surface area contributed by atoms with Crippen LogP contribution in [-0.2, 0) is 4.74 Å². The third-order valence-corrected chi connectivity index (χ3v) is 3.75. The summed E-state index contributed by atoms with van der Waals surface area (Å²) in [5.41, 5.74) is 0.0792. The van der Waals surface area contributed by atoms with Gasteiger partial charge in [-0.05, 0) is 24.6 Å². The van der Waals surface area contributed by atoms with E-state index in [0.717, 1.165) is 0 Å². The number of H-pyrrole nitrogens is 1. The van der Waals surface area contributed by atoms with Crippen LogP contribution < -0.4 is 15.6 Å². The first kappa shape index (κ1) is 16.2. The second-order valence-electron chi connectivity index (χ2n) is 5.50. The summed E-state index contributed by atoms with van der Waals surface area (Å²) in [6.07, 6.45) is 1.52. The number of aromatic amines is 1. The van der Waals surface area contributed by atoms with Crippen molar-refractivity contribution in [3.8, 4) is 5.75 Å². The molecule has 0 aliphatic carbocycles. The van der Waals surface area contributed by atoms with E-state index in [1.165, 1.54) is 30.5 Å². The van der Waals surface area contributed by atoms with Crippen molar-refractivity contribution in [3.05, 3.63) is 64.3 Å². The van der Waals surface area contributed by atoms with Crippen LogP contribution in [-0.4, -0.2) is 36.3 Å². The Labute approximate surface area is 137 Å². The molecule has 0 radical (unpaired) electrons. The molecule has 0 bridgehead atoms. The average molecular weight is 332 g/mol. The topological polar surface area (TPSA) is 80.4 Å². The average Bonchev–Trinajstić information content (AvgIpc) is 2.57. The summed E-state index contributed by atoms with van der Waals surface area (Å²) in [5, 5.41) is 2.88. The minimum atomic E-state index is -0.424. The first-order valence-electron chi connectivity index (χ1n) is 7.61. The third kappa shape index (κ3) is 3.99. The first-order chi connectivity index (χ1) is 11.6. The maximum Gasteiger partial charge on any atom is 0.253 e. The molecule has 1 aromatic carbocycles. The van der Waals surface area contributed by atoms with Crippen molar-refractivity contribution >= 4 is 5.91 Å². The molecule has 6 nitrogen and oxygen atoms in total. The molecule has 1 amide bonds. The lowest BCUT2D eigenvalue weighted by atomic mass is 10.1. The Kier molecular flexibility index (Phi) is 4.90. The normalized spacial score (nSPS) is 20.4. The van der Waals surface area contributed by atoms with Gasteiger partial charge in [-0.1, -0.05) is 6.07 Å². The second kappa shape index (κ2) is 7.27. The number of amides is 1. The summed E-state index contributed by atoms with van der Waals surface area (Å²) in [6, 6.07) is 8.30. The summed E-state index contributed by atoms with van der Waals surface area (Å²) >= 11 is 0. The van der Waals surface area contributed by atoms with Crippen molar-refractivity contribution < 1.29 is 18.7 Å². The van der Waals surface area contributed by atoms with E-state index >= 15 is 0 Å². The summed E-state index contributed by atoms with van der Waals surface area (Å²) in [7, 11) is 0. The van der Waals surface area contributed by atoms with Gasteiger partial charge in [-0.2, -0.15) is 0 Å². The number of carbonyl (C=O) groups excluding carboxylic acids is 1. The molecule has 2 aromatic rings. The molecule has 2 unspecified atom stereocenters. The molecule has 0 spiro atoms. The van der Waals surface area contributed by atoms with Gasteiger partial charge in [0.25, 0.3) is 5.91 Å². The van der Waals surface area contributed by atoms with E-state index in [9.17, 15) is 14.0 Å². The number of nitrogens with one attached hydrogen (secondary N) is 2. The van der Waals surface area contributed by atoms with Gasteiger partial charge in [0.15, 0.2) is 0 Å². The molecule has 1 aromatic heterocycles. The number of aromatic nitrogens is 1. The van der Waals surface area contributed by atoms with Crippen LogP contribution in [0.1, 0.15) is 16.8 Å². The van der Waals surface area contributed by atoms with Crippen LogP contribution in [0, 0.1) is 5.82 Å². The third-order valence-electron chi connectivity index (χ3n) is 3.75.